The van der Waals surface area contributed by atoms with E-state index >= 15 is 0 Å². The van der Waals surface area contributed by atoms with E-state index < -0.39 is 5.97 Å². The highest BCUT2D eigenvalue weighted by Gasteiger charge is 2.22. The van der Waals surface area contributed by atoms with Crippen molar-refractivity contribution in [2.75, 3.05) is 6.61 Å². The Balaban J connectivity index is 1.58. The molecule has 26 heavy (non-hydrogen) atoms. The zero-order valence-electron chi connectivity index (χ0n) is 14.1. The second-order valence-corrected chi connectivity index (χ2v) is 6.15. The molecule has 0 atom stereocenters. The van der Waals surface area contributed by atoms with Crippen LogP contribution in [0.25, 0.3) is 22.9 Å². The van der Waals surface area contributed by atoms with Crippen LogP contribution in [0.5, 0.6) is 0 Å². The Labute approximate surface area is 151 Å². The maximum Gasteiger partial charge on any atom is 0.338 e. The SMILES string of the molecule is C=Cc1ccc(C(=O)OCC2=Cc3cccc4cccc(c34)C2=O)cc1. The lowest BCUT2D eigenvalue weighted by Crippen LogP contribution is -2.16. The molecule has 0 N–H and O–H groups in total. The van der Waals surface area contributed by atoms with Gasteiger partial charge < -0.3 is 4.74 Å². The summed E-state index contributed by atoms with van der Waals surface area (Å²) in [6.45, 7) is 3.63. The Morgan fingerprint density at radius 2 is 1.73 bits per heavy atom. The Hall–Kier alpha value is -3.46. The standard InChI is InChI=1S/C23H16O3/c1-2-15-9-11-17(12-10-15)23(25)26-14-19-13-18-7-3-5-16-6-4-8-20(21(16)18)22(19)24/h2-13H,1,14H2. The van der Waals surface area contributed by atoms with Crippen LogP contribution in [-0.4, -0.2) is 18.4 Å². The fraction of sp³-hybridized carbons (Fsp3) is 0.0435. The third-order valence-electron chi connectivity index (χ3n) is 4.54. The molecule has 1 aliphatic carbocycles. The van der Waals surface area contributed by atoms with Gasteiger partial charge in [-0.05, 0) is 34.7 Å². The molecule has 0 aliphatic heterocycles. The number of carbonyl (C=O) groups is 2. The lowest BCUT2D eigenvalue weighted by molar-refractivity contribution is 0.0538. The number of benzene rings is 3. The van der Waals surface area contributed by atoms with E-state index in [9.17, 15) is 9.59 Å². The fourth-order valence-electron chi connectivity index (χ4n) is 3.19. The lowest BCUT2D eigenvalue weighted by atomic mass is 9.88. The average Bonchev–Trinajstić information content (AvgIpc) is 2.69. The number of hydrogen-bond acceptors (Lipinski definition) is 3. The second kappa shape index (κ2) is 6.45. The molecular formula is C23H16O3. The van der Waals surface area contributed by atoms with Gasteiger partial charge in [-0.2, -0.15) is 0 Å². The molecule has 4 rings (SSSR count). The van der Waals surface area contributed by atoms with E-state index in [1.807, 2.05) is 42.5 Å². The van der Waals surface area contributed by atoms with Gasteiger partial charge in [0, 0.05) is 16.5 Å². The number of Topliss-reactive ketones (excluding diaryl/α,β-unsaturated/α-hetero) is 1. The molecule has 3 nitrogen and oxygen atoms in total. The van der Waals surface area contributed by atoms with Gasteiger partial charge >= 0.3 is 5.97 Å². The lowest BCUT2D eigenvalue weighted by Gasteiger charge is -2.17. The van der Waals surface area contributed by atoms with E-state index in [4.69, 9.17) is 4.74 Å². The van der Waals surface area contributed by atoms with Crippen LogP contribution in [0.15, 0.2) is 72.8 Å². The number of esters is 1. The highest BCUT2D eigenvalue weighted by atomic mass is 16.5. The molecule has 3 aromatic rings. The molecule has 1 aliphatic rings. The minimum atomic E-state index is -0.452. The number of ether oxygens (including phenoxy) is 1. The van der Waals surface area contributed by atoms with E-state index in [-0.39, 0.29) is 12.4 Å². The van der Waals surface area contributed by atoms with Gasteiger partial charge in [-0.25, -0.2) is 4.79 Å². The molecule has 126 valence electrons. The number of hydrogen-bond donors (Lipinski definition) is 0. The molecule has 0 unspecified atom stereocenters. The van der Waals surface area contributed by atoms with Crippen LogP contribution in [0.2, 0.25) is 0 Å². The summed E-state index contributed by atoms with van der Waals surface area (Å²) < 4.78 is 5.37. The van der Waals surface area contributed by atoms with Crippen LogP contribution in [0.3, 0.4) is 0 Å². The van der Waals surface area contributed by atoms with E-state index in [1.54, 1.807) is 30.3 Å². The topological polar surface area (TPSA) is 43.4 Å². The van der Waals surface area contributed by atoms with Gasteiger partial charge in [0.2, 0.25) is 0 Å². The Kier molecular flexibility index (Phi) is 3.98. The van der Waals surface area contributed by atoms with E-state index in [0.29, 0.717) is 16.7 Å². The molecule has 0 spiro atoms. The first-order valence-electron chi connectivity index (χ1n) is 8.34. The van der Waals surface area contributed by atoms with Gasteiger partial charge in [-0.15, -0.1) is 0 Å². The van der Waals surface area contributed by atoms with Crippen molar-refractivity contribution in [3.8, 4) is 0 Å². The quantitative estimate of drug-likeness (QED) is 0.633. The molecule has 0 radical (unpaired) electrons. The second-order valence-electron chi connectivity index (χ2n) is 6.15. The summed E-state index contributed by atoms with van der Waals surface area (Å²) in [6.07, 6.45) is 3.52. The summed E-state index contributed by atoms with van der Waals surface area (Å²) in [7, 11) is 0. The highest BCUT2D eigenvalue weighted by molar-refractivity contribution is 6.23. The van der Waals surface area contributed by atoms with Gasteiger partial charge in [0.25, 0.3) is 0 Å². The maximum atomic E-state index is 12.8. The van der Waals surface area contributed by atoms with Crippen LogP contribution < -0.4 is 0 Å². The van der Waals surface area contributed by atoms with Crippen LogP contribution in [0.1, 0.15) is 31.8 Å². The third kappa shape index (κ3) is 2.74. The fourth-order valence-corrected chi connectivity index (χ4v) is 3.19. The van der Waals surface area contributed by atoms with E-state index in [2.05, 4.69) is 6.58 Å². The minimum absolute atomic E-state index is 0.0500. The predicted octanol–water partition coefficient (Wildman–Crippen LogP) is 4.92. The molecule has 0 aromatic heterocycles. The van der Waals surface area contributed by atoms with Crippen molar-refractivity contribution < 1.29 is 14.3 Å². The van der Waals surface area contributed by atoms with Crippen LogP contribution in [-0.2, 0) is 4.74 Å². The van der Waals surface area contributed by atoms with Gasteiger partial charge in [-0.3, -0.25) is 4.79 Å². The summed E-state index contributed by atoms with van der Waals surface area (Å²) in [5.74, 6) is -0.546. The minimum Gasteiger partial charge on any atom is -0.457 e. The van der Waals surface area contributed by atoms with Gasteiger partial charge in [0.1, 0.15) is 6.61 Å². The first kappa shape index (κ1) is 16.0. The van der Waals surface area contributed by atoms with Crippen molar-refractivity contribution in [2.45, 2.75) is 0 Å². The maximum absolute atomic E-state index is 12.8. The van der Waals surface area contributed by atoms with Crippen molar-refractivity contribution in [1.29, 1.82) is 0 Å². The largest absolute Gasteiger partial charge is 0.457 e. The van der Waals surface area contributed by atoms with Gasteiger partial charge in [0.15, 0.2) is 5.78 Å². The van der Waals surface area contributed by atoms with E-state index in [1.165, 1.54) is 0 Å². The Bertz CT molecular complexity index is 1070. The summed E-state index contributed by atoms with van der Waals surface area (Å²) in [6, 6.07) is 18.6. The number of rotatable bonds is 4. The van der Waals surface area contributed by atoms with Crippen LogP contribution in [0.4, 0.5) is 0 Å². The zero-order valence-corrected chi connectivity index (χ0v) is 14.1. The molecule has 0 amide bonds. The third-order valence-corrected chi connectivity index (χ3v) is 4.54. The molecule has 0 bridgehead atoms. The van der Waals surface area contributed by atoms with Crippen LogP contribution in [0, 0.1) is 0 Å². The van der Waals surface area contributed by atoms with E-state index in [0.717, 1.165) is 21.9 Å². The van der Waals surface area contributed by atoms with Crippen LogP contribution >= 0.6 is 0 Å². The molecule has 0 saturated heterocycles. The molecular weight excluding hydrogens is 324 g/mol. The summed E-state index contributed by atoms with van der Waals surface area (Å²) in [4.78, 5) is 25.0. The summed E-state index contributed by atoms with van der Waals surface area (Å²) in [5.41, 5.74) is 3.48. The first-order chi connectivity index (χ1) is 12.7. The van der Waals surface area contributed by atoms with Crippen molar-refractivity contribution in [1.82, 2.24) is 0 Å². The molecule has 3 aromatic carbocycles. The smallest absolute Gasteiger partial charge is 0.338 e. The molecule has 0 heterocycles. The molecule has 0 fully saturated rings. The van der Waals surface area contributed by atoms with Gasteiger partial charge in [-0.1, -0.05) is 61.2 Å². The average molecular weight is 340 g/mol. The Morgan fingerprint density at radius 1 is 1.00 bits per heavy atom. The Morgan fingerprint density at radius 3 is 2.46 bits per heavy atom. The zero-order chi connectivity index (χ0) is 18.1. The van der Waals surface area contributed by atoms with Crippen molar-refractivity contribution >= 4 is 34.7 Å². The highest BCUT2D eigenvalue weighted by Crippen LogP contribution is 2.31. The van der Waals surface area contributed by atoms with Crippen molar-refractivity contribution in [2.24, 2.45) is 0 Å². The number of carbonyl (C=O) groups excluding carboxylic acids is 2. The van der Waals surface area contributed by atoms with Crippen molar-refractivity contribution in [3.63, 3.8) is 0 Å². The molecule has 3 heteroatoms. The van der Waals surface area contributed by atoms with Crippen molar-refractivity contribution in [3.05, 3.63) is 95.1 Å². The molecule has 0 saturated carbocycles. The monoisotopic (exact) mass is 340 g/mol. The van der Waals surface area contributed by atoms with Gasteiger partial charge in [0.05, 0.1) is 5.56 Å². The predicted molar refractivity (Wildman–Crippen MR) is 103 cm³/mol. The summed E-state index contributed by atoms with van der Waals surface area (Å²) in [5, 5.41) is 1.98. The number of ketones is 1. The first-order valence-corrected chi connectivity index (χ1v) is 8.34. The summed E-state index contributed by atoms with van der Waals surface area (Å²) >= 11 is 0. The normalized spacial score (nSPS) is 12.6.